The van der Waals surface area contributed by atoms with Crippen LogP contribution in [0.2, 0.25) is 0 Å². The SMILES string of the molecule is CN(C)CCOP1Oc2ccccc2O1. The quantitative estimate of drug-likeness (QED) is 0.738. The Morgan fingerprint density at radius 1 is 1.20 bits per heavy atom. The molecule has 1 aliphatic heterocycles. The summed E-state index contributed by atoms with van der Waals surface area (Å²) in [5, 5.41) is 0. The Balaban J connectivity index is 1.80. The molecule has 0 N–H and O–H groups in total. The molecule has 4 nitrogen and oxygen atoms in total. The minimum atomic E-state index is -1.23. The molecule has 0 unspecified atom stereocenters. The molecule has 0 aliphatic carbocycles. The van der Waals surface area contributed by atoms with E-state index in [1.807, 2.05) is 38.4 Å². The second kappa shape index (κ2) is 4.79. The first kappa shape index (κ1) is 10.7. The molecule has 5 heteroatoms. The molecule has 0 saturated carbocycles. The van der Waals surface area contributed by atoms with Crippen molar-refractivity contribution < 1.29 is 13.6 Å². The molecular formula is C10H14NO3P. The number of nitrogens with zero attached hydrogens (tertiary/aromatic N) is 1. The number of hydrogen-bond acceptors (Lipinski definition) is 4. The van der Waals surface area contributed by atoms with Crippen LogP contribution >= 0.6 is 8.60 Å². The third-order valence-corrected chi connectivity index (χ3v) is 3.02. The fraction of sp³-hybridized carbons (Fsp3) is 0.400. The van der Waals surface area contributed by atoms with Crippen LogP contribution in [0.25, 0.3) is 0 Å². The third-order valence-electron chi connectivity index (χ3n) is 1.93. The maximum Gasteiger partial charge on any atom is 0.463 e. The highest BCUT2D eigenvalue weighted by Gasteiger charge is 2.27. The lowest BCUT2D eigenvalue weighted by Gasteiger charge is -2.11. The van der Waals surface area contributed by atoms with Gasteiger partial charge in [-0.2, -0.15) is 0 Å². The minimum Gasteiger partial charge on any atom is -0.414 e. The molecule has 0 saturated heterocycles. The van der Waals surface area contributed by atoms with E-state index in [0.29, 0.717) is 6.61 Å². The Hall–Kier alpha value is -0.830. The number of likely N-dealkylation sites (N-methyl/N-ethyl adjacent to an activating group) is 1. The van der Waals surface area contributed by atoms with Crippen LogP contribution in [0.15, 0.2) is 24.3 Å². The Morgan fingerprint density at radius 2 is 1.80 bits per heavy atom. The molecule has 0 amide bonds. The second-order valence-corrected chi connectivity index (χ2v) is 4.56. The van der Waals surface area contributed by atoms with Gasteiger partial charge in [0.05, 0.1) is 6.61 Å². The largest absolute Gasteiger partial charge is 0.463 e. The van der Waals surface area contributed by atoms with E-state index >= 15 is 0 Å². The van der Waals surface area contributed by atoms with E-state index in [2.05, 4.69) is 4.90 Å². The van der Waals surface area contributed by atoms with E-state index in [-0.39, 0.29) is 0 Å². The molecule has 1 aromatic rings. The second-order valence-electron chi connectivity index (χ2n) is 3.49. The zero-order chi connectivity index (χ0) is 10.7. The summed E-state index contributed by atoms with van der Waals surface area (Å²) in [5.41, 5.74) is 0. The summed E-state index contributed by atoms with van der Waals surface area (Å²) in [6, 6.07) is 7.60. The van der Waals surface area contributed by atoms with Gasteiger partial charge in [-0.1, -0.05) is 12.1 Å². The fourth-order valence-electron chi connectivity index (χ4n) is 1.13. The van der Waals surface area contributed by atoms with E-state index in [9.17, 15) is 0 Å². The van der Waals surface area contributed by atoms with Crippen LogP contribution in [-0.4, -0.2) is 32.1 Å². The lowest BCUT2D eigenvalue weighted by molar-refractivity contribution is 0.243. The predicted octanol–water partition coefficient (Wildman–Crippen LogP) is 2.26. The van der Waals surface area contributed by atoms with Crippen LogP contribution in [-0.2, 0) is 4.52 Å². The molecule has 1 aliphatic rings. The van der Waals surface area contributed by atoms with E-state index < -0.39 is 8.60 Å². The van der Waals surface area contributed by atoms with Crippen molar-refractivity contribution in [2.75, 3.05) is 27.2 Å². The van der Waals surface area contributed by atoms with Crippen LogP contribution in [0.5, 0.6) is 11.5 Å². The maximum atomic E-state index is 5.49. The van der Waals surface area contributed by atoms with Crippen molar-refractivity contribution >= 4 is 8.60 Å². The lowest BCUT2D eigenvalue weighted by atomic mass is 10.3. The van der Waals surface area contributed by atoms with Gasteiger partial charge in [-0.25, -0.2) is 0 Å². The molecule has 0 bridgehead atoms. The van der Waals surface area contributed by atoms with Crippen molar-refractivity contribution in [1.82, 2.24) is 4.90 Å². The summed E-state index contributed by atoms with van der Waals surface area (Å²) in [6.07, 6.45) is 0. The van der Waals surface area contributed by atoms with Gasteiger partial charge in [-0.05, 0) is 26.2 Å². The number of fused-ring (bicyclic) bond motifs is 1. The summed E-state index contributed by atoms with van der Waals surface area (Å²) in [4.78, 5) is 2.05. The molecule has 82 valence electrons. The zero-order valence-electron chi connectivity index (χ0n) is 8.84. The van der Waals surface area contributed by atoms with Crippen molar-refractivity contribution in [3.8, 4) is 11.5 Å². The van der Waals surface area contributed by atoms with Gasteiger partial charge >= 0.3 is 8.60 Å². The molecule has 0 atom stereocenters. The monoisotopic (exact) mass is 227 g/mol. The summed E-state index contributed by atoms with van der Waals surface area (Å²) in [6.45, 7) is 1.48. The molecule has 0 spiro atoms. The fourth-order valence-corrected chi connectivity index (χ4v) is 2.13. The highest BCUT2D eigenvalue weighted by atomic mass is 31.2. The third kappa shape index (κ3) is 2.81. The van der Waals surface area contributed by atoms with Gasteiger partial charge in [0, 0.05) is 6.54 Å². The standard InChI is InChI=1S/C10H14NO3P/c1-11(2)7-8-12-15-13-9-5-3-4-6-10(9)14-15/h3-6H,7-8H2,1-2H3. The molecule has 0 radical (unpaired) electrons. The van der Waals surface area contributed by atoms with E-state index in [4.69, 9.17) is 13.6 Å². The Kier molecular flexibility index (Phi) is 3.41. The summed E-state index contributed by atoms with van der Waals surface area (Å²) >= 11 is 0. The summed E-state index contributed by atoms with van der Waals surface area (Å²) in [7, 11) is 2.77. The molecule has 0 aromatic heterocycles. The Labute approximate surface area is 90.7 Å². The predicted molar refractivity (Wildman–Crippen MR) is 59.1 cm³/mol. The minimum absolute atomic E-state index is 0.618. The topological polar surface area (TPSA) is 30.9 Å². The van der Waals surface area contributed by atoms with E-state index in [0.717, 1.165) is 18.0 Å². The van der Waals surface area contributed by atoms with Crippen LogP contribution < -0.4 is 9.05 Å². The molecule has 2 rings (SSSR count). The van der Waals surface area contributed by atoms with Crippen LogP contribution in [0.1, 0.15) is 0 Å². The Morgan fingerprint density at radius 3 is 2.33 bits per heavy atom. The molecule has 1 aromatic carbocycles. The molecule has 0 fully saturated rings. The average Bonchev–Trinajstić information content (AvgIpc) is 2.59. The highest BCUT2D eigenvalue weighted by Crippen LogP contribution is 2.52. The van der Waals surface area contributed by atoms with Gasteiger partial charge < -0.3 is 13.9 Å². The van der Waals surface area contributed by atoms with Crippen molar-refractivity contribution in [1.29, 1.82) is 0 Å². The van der Waals surface area contributed by atoms with Crippen molar-refractivity contribution in [3.05, 3.63) is 24.3 Å². The van der Waals surface area contributed by atoms with Gasteiger partial charge in [0.15, 0.2) is 11.5 Å². The van der Waals surface area contributed by atoms with E-state index in [1.54, 1.807) is 0 Å². The van der Waals surface area contributed by atoms with Gasteiger partial charge in [-0.3, -0.25) is 4.52 Å². The van der Waals surface area contributed by atoms with E-state index in [1.165, 1.54) is 0 Å². The van der Waals surface area contributed by atoms with Gasteiger partial charge in [-0.15, -0.1) is 0 Å². The average molecular weight is 227 g/mol. The van der Waals surface area contributed by atoms with Gasteiger partial charge in [0.2, 0.25) is 0 Å². The normalized spacial score (nSPS) is 14.9. The van der Waals surface area contributed by atoms with Gasteiger partial charge in [0.1, 0.15) is 0 Å². The summed E-state index contributed by atoms with van der Waals surface area (Å²) < 4.78 is 16.5. The first-order chi connectivity index (χ1) is 7.25. The Bertz CT molecular complexity index is 307. The molecule has 15 heavy (non-hydrogen) atoms. The first-order valence-electron chi connectivity index (χ1n) is 4.78. The van der Waals surface area contributed by atoms with Gasteiger partial charge in [0.25, 0.3) is 0 Å². The van der Waals surface area contributed by atoms with Crippen molar-refractivity contribution in [2.24, 2.45) is 0 Å². The number of rotatable bonds is 4. The first-order valence-corrected chi connectivity index (χ1v) is 5.88. The van der Waals surface area contributed by atoms with Crippen molar-refractivity contribution in [2.45, 2.75) is 0 Å². The number of benzene rings is 1. The van der Waals surface area contributed by atoms with Crippen LogP contribution in [0, 0.1) is 0 Å². The number of para-hydroxylation sites is 2. The number of hydrogen-bond donors (Lipinski definition) is 0. The van der Waals surface area contributed by atoms with Crippen LogP contribution in [0.3, 0.4) is 0 Å². The van der Waals surface area contributed by atoms with Crippen LogP contribution in [0.4, 0.5) is 0 Å². The lowest BCUT2D eigenvalue weighted by Crippen LogP contribution is -2.17. The maximum absolute atomic E-state index is 5.49. The summed E-state index contributed by atoms with van der Waals surface area (Å²) in [5.74, 6) is 1.54. The highest BCUT2D eigenvalue weighted by molar-refractivity contribution is 7.43. The molecular weight excluding hydrogens is 213 g/mol. The van der Waals surface area contributed by atoms with Crippen molar-refractivity contribution in [3.63, 3.8) is 0 Å². The smallest absolute Gasteiger partial charge is 0.414 e. The molecule has 1 heterocycles. The zero-order valence-corrected chi connectivity index (χ0v) is 9.74.